The Balaban J connectivity index is 1.01. The second kappa shape index (κ2) is 13.0. The van der Waals surface area contributed by atoms with Crippen LogP contribution in [0.2, 0.25) is 0 Å². The van der Waals surface area contributed by atoms with Crippen molar-refractivity contribution < 1.29 is 0 Å². The third-order valence-electron chi connectivity index (χ3n) is 14.4. The summed E-state index contributed by atoms with van der Waals surface area (Å²) >= 11 is 0. The largest absolute Gasteiger partial charge is 0.0737 e. The van der Waals surface area contributed by atoms with Crippen LogP contribution in [0.4, 0.5) is 0 Å². The van der Waals surface area contributed by atoms with E-state index >= 15 is 0 Å². The van der Waals surface area contributed by atoms with Crippen molar-refractivity contribution >= 4 is 53.9 Å². The quantitative estimate of drug-likeness (QED) is 0.156. The Labute approximate surface area is 366 Å². The van der Waals surface area contributed by atoms with Crippen LogP contribution in [0.25, 0.3) is 109 Å². The molecule has 0 N–H and O–H groups in total. The first-order valence-corrected chi connectivity index (χ1v) is 22.1. The summed E-state index contributed by atoms with van der Waals surface area (Å²) < 4.78 is 0. The highest BCUT2D eigenvalue weighted by atomic mass is 14.5. The van der Waals surface area contributed by atoms with E-state index in [9.17, 15) is 0 Å². The van der Waals surface area contributed by atoms with E-state index in [-0.39, 0.29) is 0 Å². The molecule has 0 nitrogen and oxygen atoms in total. The van der Waals surface area contributed by atoms with E-state index in [1.165, 1.54) is 132 Å². The van der Waals surface area contributed by atoms with Crippen molar-refractivity contribution in [3.05, 3.63) is 253 Å². The Morgan fingerprint density at radius 3 is 1.30 bits per heavy atom. The number of hydrogen-bond donors (Lipinski definition) is 0. The molecule has 0 saturated heterocycles. The summed E-state index contributed by atoms with van der Waals surface area (Å²) in [5, 5.41) is 12.7. The number of hydrogen-bond acceptors (Lipinski definition) is 0. The second-order valence-electron chi connectivity index (χ2n) is 17.5. The molecule has 0 radical (unpaired) electrons. The van der Waals surface area contributed by atoms with E-state index in [0.29, 0.717) is 0 Å². The highest BCUT2D eigenvalue weighted by Gasteiger charge is 2.53. The minimum atomic E-state index is -0.456. The molecule has 12 aromatic rings. The number of benzene rings is 12. The van der Waals surface area contributed by atoms with Crippen LogP contribution < -0.4 is 0 Å². The van der Waals surface area contributed by atoms with Gasteiger partial charge in [-0.1, -0.05) is 212 Å². The van der Waals surface area contributed by atoms with Gasteiger partial charge in [-0.15, -0.1) is 0 Å². The van der Waals surface area contributed by atoms with Crippen molar-refractivity contribution in [2.75, 3.05) is 0 Å². The predicted octanol–water partition coefficient (Wildman–Crippen LogP) is 16.8. The molecule has 0 bridgehead atoms. The molecule has 2 aliphatic carbocycles. The minimum Gasteiger partial charge on any atom is -0.0619 e. The first-order chi connectivity index (χ1) is 31.3. The van der Waals surface area contributed by atoms with Crippen LogP contribution in [-0.2, 0) is 5.41 Å². The predicted molar refractivity (Wildman–Crippen MR) is 267 cm³/mol. The van der Waals surface area contributed by atoms with Gasteiger partial charge in [0.1, 0.15) is 0 Å². The van der Waals surface area contributed by atoms with Crippen molar-refractivity contribution in [1.29, 1.82) is 0 Å². The van der Waals surface area contributed by atoms with Gasteiger partial charge in [-0.2, -0.15) is 0 Å². The summed E-state index contributed by atoms with van der Waals surface area (Å²) in [7, 11) is 0. The SMILES string of the molecule is c1cc(-c2ccc3ccccc3c2)cc(-c2c3ccccc3c(-c3ccc4c5c(ccc4c3)-c3ccc4ccccc4c3C53c4ccccc4-c4ccccc43)c3ccccc23)c1. The molecule has 0 amide bonds. The molecular weight excluding hydrogens is 757 g/mol. The fourth-order valence-electron chi connectivity index (χ4n) is 11.9. The van der Waals surface area contributed by atoms with Crippen LogP contribution in [0.5, 0.6) is 0 Å². The van der Waals surface area contributed by atoms with Crippen LogP contribution in [0, 0.1) is 0 Å². The average Bonchev–Trinajstić information content (AvgIpc) is 3.83. The Bertz CT molecular complexity index is 3820. The van der Waals surface area contributed by atoms with Crippen LogP contribution in [0.15, 0.2) is 231 Å². The van der Waals surface area contributed by atoms with E-state index < -0.39 is 5.41 Å². The van der Waals surface area contributed by atoms with Crippen molar-refractivity contribution in [2.24, 2.45) is 0 Å². The first-order valence-electron chi connectivity index (χ1n) is 22.1. The monoisotopic (exact) mass is 794 g/mol. The van der Waals surface area contributed by atoms with Crippen LogP contribution in [-0.4, -0.2) is 0 Å². The van der Waals surface area contributed by atoms with Crippen LogP contribution in [0.1, 0.15) is 22.3 Å². The number of rotatable bonds is 3. The van der Waals surface area contributed by atoms with Crippen molar-refractivity contribution in [3.8, 4) is 55.6 Å². The molecule has 2 aliphatic rings. The van der Waals surface area contributed by atoms with Gasteiger partial charge in [0, 0.05) is 0 Å². The van der Waals surface area contributed by atoms with Crippen LogP contribution >= 0.6 is 0 Å². The smallest absolute Gasteiger partial charge is 0.0619 e. The zero-order valence-electron chi connectivity index (χ0n) is 34.4. The standard InChI is InChI=1S/C63H38/c1-2-16-41-36-43(29-28-39(41)14-1)42-17-13-18-45(37-42)59-51-22-5-7-24-53(51)60(54-25-8-6-23-52(54)59)46-32-33-48-44(38-46)31-35-56-55-34-30-40-15-3-4-19-47(40)61(55)63(62(48)56)57-26-11-9-20-49(57)50-21-10-12-27-58(50)63/h1-38H. The van der Waals surface area contributed by atoms with E-state index in [4.69, 9.17) is 0 Å². The lowest BCUT2D eigenvalue weighted by molar-refractivity contribution is 0.809. The third-order valence-corrected chi connectivity index (χ3v) is 14.4. The van der Waals surface area contributed by atoms with Gasteiger partial charge >= 0.3 is 0 Å². The van der Waals surface area contributed by atoms with Crippen molar-refractivity contribution in [2.45, 2.75) is 5.41 Å². The molecule has 0 aliphatic heterocycles. The van der Waals surface area contributed by atoms with Gasteiger partial charge in [0.15, 0.2) is 0 Å². The fraction of sp³-hybridized carbons (Fsp3) is 0.0159. The lowest BCUT2D eigenvalue weighted by Crippen LogP contribution is -2.26. The summed E-state index contributed by atoms with van der Waals surface area (Å²) in [4.78, 5) is 0. The lowest BCUT2D eigenvalue weighted by Gasteiger charge is -2.32. The summed E-state index contributed by atoms with van der Waals surface area (Å²) in [5.41, 5.74) is 17.9. The van der Waals surface area contributed by atoms with Crippen molar-refractivity contribution in [3.63, 3.8) is 0 Å². The molecule has 0 unspecified atom stereocenters. The highest BCUT2D eigenvalue weighted by molar-refractivity contribution is 6.22. The Hall–Kier alpha value is -8.06. The molecule has 12 aromatic carbocycles. The van der Waals surface area contributed by atoms with Gasteiger partial charge in [-0.05, 0) is 150 Å². The zero-order valence-corrected chi connectivity index (χ0v) is 34.4. The molecule has 0 saturated carbocycles. The summed E-state index contributed by atoms with van der Waals surface area (Å²) in [6.45, 7) is 0. The highest BCUT2D eigenvalue weighted by Crippen LogP contribution is 2.65. The van der Waals surface area contributed by atoms with Crippen molar-refractivity contribution in [1.82, 2.24) is 0 Å². The molecule has 0 atom stereocenters. The Morgan fingerprint density at radius 2 is 0.651 bits per heavy atom. The van der Waals surface area contributed by atoms with Gasteiger partial charge < -0.3 is 0 Å². The normalized spacial score (nSPS) is 13.2. The topological polar surface area (TPSA) is 0 Å². The lowest BCUT2D eigenvalue weighted by atomic mass is 9.68. The van der Waals surface area contributed by atoms with E-state index in [1.54, 1.807) is 0 Å². The Kier molecular flexibility index (Phi) is 7.13. The third kappa shape index (κ3) is 4.70. The van der Waals surface area contributed by atoms with E-state index in [0.717, 1.165) is 0 Å². The Morgan fingerprint density at radius 1 is 0.222 bits per heavy atom. The second-order valence-corrected chi connectivity index (χ2v) is 17.5. The van der Waals surface area contributed by atoms with E-state index in [1.807, 2.05) is 0 Å². The first kappa shape index (κ1) is 34.6. The summed E-state index contributed by atoms with van der Waals surface area (Å²) in [5.74, 6) is 0. The molecule has 0 fully saturated rings. The fourth-order valence-corrected chi connectivity index (χ4v) is 11.9. The molecule has 0 heterocycles. The number of fused-ring (bicyclic) bond motifs is 17. The summed E-state index contributed by atoms with van der Waals surface area (Å²) in [6.07, 6.45) is 0. The van der Waals surface area contributed by atoms with E-state index in [2.05, 4.69) is 231 Å². The molecular formula is C63H38. The maximum Gasteiger partial charge on any atom is 0.0737 e. The molecule has 1 spiro atoms. The molecule has 0 heteroatoms. The van der Waals surface area contributed by atoms with Crippen LogP contribution in [0.3, 0.4) is 0 Å². The van der Waals surface area contributed by atoms with Gasteiger partial charge in [-0.25, -0.2) is 0 Å². The van der Waals surface area contributed by atoms with Gasteiger partial charge in [-0.3, -0.25) is 0 Å². The van der Waals surface area contributed by atoms with Gasteiger partial charge in [0.25, 0.3) is 0 Å². The molecule has 14 rings (SSSR count). The molecule has 0 aromatic heterocycles. The summed E-state index contributed by atoms with van der Waals surface area (Å²) in [6, 6.07) is 86.7. The van der Waals surface area contributed by atoms with Gasteiger partial charge in [0.2, 0.25) is 0 Å². The molecule has 63 heavy (non-hydrogen) atoms. The minimum absolute atomic E-state index is 0.456. The zero-order chi connectivity index (χ0) is 41.2. The maximum atomic E-state index is 2.46. The average molecular weight is 795 g/mol. The maximum absolute atomic E-state index is 2.46. The molecule has 290 valence electrons. The van der Waals surface area contributed by atoms with Gasteiger partial charge in [0.05, 0.1) is 5.41 Å².